The molecule has 0 saturated carbocycles. The standard InChI is InChI=1S/C19H20N2OS/c1-13-11-14(2)18-16(12-13)21(3)19(23-18)20-17(22)10-9-15-7-5-4-6-8-15/h4-8,11-12H,9-10H2,1-3H3. The number of thiazole rings is 1. The van der Waals surface area contributed by atoms with Gasteiger partial charge in [-0.25, -0.2) is 0 Å². The highest BCUT2D eigenvalue weighted by molar-refractivity contribution is 7.16. The van der Waals surface area contributed by atoms with Crippen molar-refractivity contribution >= 4 is 27.5 Å². The topological polar surface area (TPSA) is 34.4 Å². The van der Waals surface area contributed by atoms with Crippen LogP contribution in [-0.4, -0.2) is 10.5 Å². The van der Waals surface area contributed by atoms with Gasteiger partial charge in [0.1, 0.15) is 0 Å². The number of aryl methyl sites for hydroxylation is 4. The average molecular weight is 324 g/mol. The number of nitrogens with zero attached hydrogens (tertiary/aromatic N) is 2. The Morgan fingerprint density at radius 2 is 1.91 bits per heavy atom. The molecule has 3 aromatic rings. The van der Waals surface area contributed by atoms with E-state index in [4.69, 9.17) is 0 Å². The van der Waals surface area contributed by atoms with Gasteiger partial charge in [-0.3, -0.25) is 4.79 Å². The van der Waals surface area contributed by atoms with E-state index >= 15 is 0 Å². The Kier molecular flexibility index (Phi) is 4.44. The summed E-state index contributed by atoms with van der Waals surface area (Å²) in [6.45, 7) is 4.19. The number of amides is 1. The highest BCUT2D eigenvalue weighted by Gasteiger charge is 2.08. The first-order chi connectivity index (χ1) is 11.0. The molecule has 0 spiro atoms. The fourth-order valence-corrected chi connectivity index (χ4v) is 3.82. The van der Waals surface area contributed by atoms with Crippen molar-refractivity contribution in [2.45, 2.75) is 26.7 Å². The summed E-state index contributed by atoms with van der Waals surface area (Å²) in [4.78, 5) is 17.3. The highest BCUT2D eigenvalue weighted by Crippen LogP contribution is 2.22. The van der Waals surface area contributed by atoms with E-state index in [1.54, 1.807) is 11.3 Å². The number of aromatic nitrogens is 1. The summed E-state index contributed by atoms with van der Waals surface area (Å²) >= 11 is 1.58. The maximum atomic E-state index is 12.2. The van der Waals surface area contributed by atoms with Crippen LogP contribution in [0.4, 0.5) is 0 Å². The van der Waals surface area contributed by atoms with E-state index in [0.717, 1.165) is 16.7 Å². The van der Waals surface area contributed by atoms with Gasteiger partial charge in [-0.15, -0.1) is 0 Å². The second kappa shape index (κ2) is 6.50. The fraction of sp³-hybridized carbons (Fsp3) is 0.263. The Bertz CT molecular complexity index is 920. The lowest BCUT2D eigenvalue weighted by Crippen LogP contribution is -2.13. The maximum absolute atomic E-state index is 12.2. The van der Waals surface area contributed by atoms with Crippen LogP contribution in [0.1, 0.15) is 23.1 Å². The first-order valence-electron chi connectivity index (χ1n) is 7.73. The van der Waals surface area contributed by atoms with Crippen molar-refractivity contribution < 1.29 is 4.79 Å². The van der Waals surface area contributed by atoms with Crippen molar-refractivity contribution in [3.05, 3.63) is 64.0 Å². The van der Waals surface area contributed by atoms with Crippen LogP contribution in [0.3, 0.4) is 0 Å². The molecule has 3 nitrogen and oxygen atoms in total. The number of hydrogen-bond acceptors (Lipinski definition) is 2. The van der Waals surface area contributed by atoms with E-state index in [1.807, 2.05) is 41.9 Å². The SMILES string of the molecule is Cc1cc(C)c2sc(=NC(=O)CCc3ccccc3)n(C)c2c1. The third kappa shape index (κ3) is 3.42. The van der Waals surface area contributed by atoms with Crippen LogP contribution in [0.25, 0.3) is 10.2 Å². The summed E-state index contributed by atoms with van der Waals surface area (Å²) in [5.74, 6) is -0.0645. The van der Waals surface area contributed by atoms with Crippen molar-refractivity contribution in [2.75, 3.05) is 0 Å². The zero-order valence-electron chi connectivity index (χ0n) is 13.7. The van der Waals surface area contributed by atoms with Crippen molar-refractivity contribution in [3.8, 4) is 0 Å². The molecule has 4 heteroatoms. The van der Waals surface area contributed by atoms with Crippen molar-refractivity contribution in [1.29, 1.82) is 0 Å². The molecule has 0 aliphatic heterocycles. The number of carbonyl (C=O) groups is 1. The number of benzene rings is 2. The van der Waals surface area contributed by atoms with E-state index in [1.165, 1.54) is 21.4 Å². The zero-order chi connectivity index (χ0) is 16.4. The highest BCUT2D eigenvalue weighted by atomic mass is 32.1. The largest absolute Gasteiger partial charge is 0.319 e. The number of rotatable bonds is 3. The van der Waals surface area contributed by atoms with E-state index < -0.39 is 0 Å². The normalized spacial score (nSPS) is 12.0. The Morgan fingerprint density at radius 1 is 1.17 bits per heavy atom. The maximum Gasteiger partial charge on any atom is 0.248 e. The molecule has 118 valence electrons. The molecule has 0 atom stereocenters. The molecule has 2 aromatic carbocycles. The fourth-order valence-electron chi connectivity index (χ4n) is 2.73. The van der Waals surface area contributed by atoms with Gasteiger partial charge in [-0.05, 0) is 43.0 Å². The predicted octanol–water partition coefficient (Wildman–Crippen LogP) is 3.92. The molecule has 1 amide bonds. The summed E-state index contributed by atoms with van der Waals surface area (Å²) in [5, 5.41) is 0. The number of fused-ring (bicyclic) bond motifs is 1. The van der Waals surface area contributed by atoms with Crippen LogP contribution in [0.2, 0.25) is 0 Å². The second-order valence-corrected chi connectivity index (χ2v) is 6.84. The van der Waals surface area contributed by atoms with Crippen LogP contribution in [0.5, 0.6) is 0 Å². The summed E-state index contributed by atoms with van der Waals surface area (Å²) < 4.78 is 3.22. The third-order valence-electron chi connectivity index (χ3n) is 3.93. The zero-order valence-corrected chi connectivity index (χ0v) is 14.5. The van der Waals surface area contributed by atoms with Gasteiger partial charge in [0.25, 0.3) is 0 Å². The Hall–Kier alpha value is -2.20. The van der Waals surface area contributed by atoms with E-state index in [0.29, 0.717) is 6.42 Å². The number of carbonyl (C=O) groups excluding carboxylic acids is 1. The molecular weight excluding hydrogens is 304 g/mol. The monoisotopic (exact) mass is 324 g/mol. The Balaban J connectivity index is 1.87. The first kappa shape index (κ1) is 15.7. The predicted molar refractivity (Wildman–Crippen MR) is 95.6 cm³/mol. The molecule has 1 heterocycles. The lowest BCUT2D eigenvalue weighted by molar-refractivity contribution is -0.118. The molecule has 0 aliphatic carbocycles. The molecule has 3 rings (SSSR count). The van der Waals surface area contributed by atoms with Crippen LogP contribution in [0, 0.1) is 13.8 Å². The minimum Gasteiger partial charge on any atom is -0.319 e. The van der Waals surface area contributed by atoms with Gasteiger partial charge in [0.15, 0.2) is 4.80 Å². The molecule has 0 unspecified atom stereocenters. The lowest BCUT2D eigenvalue weighted by Gasteiger charge is -2.00. The summed E-state index contributed by atoms with van der Waals surface area (Å²) in [6, 6.07) is 14.4. The second-order valence-electron chi connectivity index (χ2n) is 5.86. The van der Waals surface area contributed by atoms with Crippen molar-refractivity contribution in [3.63, 3.8) is 0 Å². The molecule has 1 aromatic heterocycles. The minimum absolute atomic E-state index is 0.0645. The van der Waals surface area contributed by atoms with Crippen molar-refractivity contribution in [1.82, 2.24) is 4.57 Å². The van der Waals surface area contributed by atoms with Gasteiger partial charge in [0, 0.05) is 13.5 Å². The molecule has 0 fully saturated rings. The summed E-state index contributed by atoms with van der Waals surface area (Å²) in [7, 11) is 1.97. The van der Waals surface area contributed by atoms with Crippen LogP contribution >= 0.6 is 11.3 Å². The summed E-state index contributed by atoms with van der Waals surface area (Å²) in [5.41, 5.74) is 4.77. The smallest absolute Gasteiger partial charge is 0.248 e. The van der Waals surface area contributed by atoms with Gasteiger partial charge < -0.3 is 4.57 Å². The molecule has 23 heavy (non-hydrogen) atoms. The van der Waals surface area contributed by atoms with Gasteiger partial charge in [-0.2, -0.15) is 4.99 Å². The van der Waals surface area contributed by atoms with Crippen LogP contribution in [-0.2, 0) is 18.3 Å². The lowest BCUT2D eigenvalue weighted by atomic mass is 10.1. The Morgan fingerprint density at radius 3 is 2.65 bits per heavy atom. The van der Waals surface area contributed by atoms with E-state index in [9.17, 15) is 4.79 Å². The molecule has 0 aliphatic rings. The van der Waals surface area contributed by atoms with Gasteiger partial charge in [0.05, 0.1) is 10.2 Å². The van der Waals surface area contributed by atoms with E-state index in [-0.39, 0.29) is 5.91 Å². The third-order valence-corrected chi connectivity index (χ3v) is 5.21. The van der Waals surface area contributed by atoms with Gasteiger partial charge in [-0.1, -0.05) is 47.7 Å². The molecular formula is C19H20N2OS. The quantitative estimate of drug-likeness (QED) is 0.719. The molecule has 0 saturated heterocycles. The van der Waals surface area contributed by atoms with Crippen LogP contribution in [0.15, 0.2) is 47.5 Å². The summed E-state index contributed by atoms with van der Waals surface area (Å²) in [6.07, 6.45) is 1.17. The average Bonchev–Trinajstić information content (AvgIpc) is 2.84. The Labute approximate surface area is 139 Å². The molecule has 0 bridgehead atoms. The first-order valence-corrected chi connectivity index (χ1v) is 8.54. The van der Waals surface area contributed by atoms with Gasteiger partial charge >= 0.3 is 0 Å². The van der Waals surface area contributed by atoms with Gasteiger partial charge in [0.2, 0.25) is 5.91 Å². The van der Waals surface area contributed by atoms with Crippen LogP contribution < -0.4 is 4.80 Å². The molecule has 0 radical (unpaired) electrons. The minimum atomic E-state index is -0.0645. The van der Waals surface area contributed by atoms with E-state index in [2.05, 4.69) is 31.0 Å². The number of hydrogen-bond donors (Lipinski definition) is 0. The molecule has 0 N–H and O–H groups in total. The van der Waals surface area contributed by atoms with Crippen molar-refractivity contribution in [2.24, 2.45) is 12.0 Å².